The smallest absolute Gasteiger partial charge is 0.386 e. The third kappa shape index (κ3) is 14.1. The summed E-state index contributed by atoms with van der Waals surface area (Å²) < 4.78 is 48.5. The number of nitrogens with two attached hydrogens (primary N) is 1. The lowest BCUT2D eigenvalue weighted by Gasteiger charge is -2.17. The van der Waals surface area contributed by atoms with Gasteiger partial charge in [0, 0.05) is 42.4 Å². The lowest BCUT2D eigenvalue weighted by Crippen LogP contribution is -2.35. The molecule has 3 rings (SSSR count). The predicted molar refractivity (Wildman–Crippen MR) is 164 cm³/mol. The van der Waals surface area contributed by atoms with E-state index >= 15 is 0 Å². The fourth-order valence-electron chi connectivity index (χ4n) is 3.46. The van der Waals surface area contributed by atoms with Crippen molar-refractivity contribution in [1.29, 1.82) is 0 Å². The van der Waals surface area contributed by atoms with Gasteiger partial charge in [-0.3, -0.25) is 24.2 Å². The summed E-state index contributed by atoms with van der Waals surface area (Å²) in [6.07, 6.45) is -2.48. The third-order valence-corrected chi connectivity index (χ3v) is 5.35. The Labute approximate surface area is 262 Å². The molecule has 0 saturated carbocycles. The van der Waals surface area contributed by atoms with Crippen molar-refractivity contribution >= 4 is 29.0 Å². The second-order valence-corrected chi connectivity index (χ2v) is 9.83. The van der Waals surface area contributed by atoms with Gasteiger partial charge < -0.3 is 26.3 Å². The number of carbonyl (C=O) groups is 2. The quantitative estimate of drug-likeness (QED) is 0.0467. The minimum atomic E-state index is -4.00. The maximum Gasteiger partial charge on any atom is 0.386 e. The number of carbonyl (C=O) groups excluding carboxylic acids is 2. The molecule has 252 valence electrons. The minimum Gasteiger partial charge on any atom is -0.497 e. The largest absolute Gasteiger partial charge is 0.497 e. The van der Waals surface area contributed by atoms with Crippen LogP contribution in [0.5, 0.6) is 5.75 Å². The van der Waals surface area contributed by atoms with Crippen LogP contribution < -0.4 is 32.1 Å². The van der Waals surface area contributed by atoms with Crippen LogP contribution in [0.2, 0.25) is 0 Å². The lowest BCUT2D eigenvalue weighted by molar-refractivity contribution is -0.122. The number of ketones is 1. The van der Waals surface area contributed by atoms with Gasteiger partial charge in [0.05, 0.1) is 19.0 Å². The Balaban J connectivity index is 0.000000919. The number of hydrogen-bond donors (Lipinski definition) is 6. The SMILES string of the molecule is CC(=O)CF.CC(F)(F)F.COc1cc(N)cc(-c2cnc(NC(C)C)c(=O)n2CC(=O)NCc2ccc(/C(=N/O)NO)cc2)c1. The molecule has 0 aliphatic rings. The summed E-state index contributed by atoms with van der Waals surface area (Å²) >= 11 is 0. The van der Waals surface area contributed by atoms with Crippen molar-refractivity contribution in [3.05, 3.63) is 70.1 Å². The third-order valence-electron chi connectivity index (χ3n) is 5.35. The number of anilines is 2. The highest BCUT2D eigenvalue weighted by atomic mass is 19.4. The Hall–Kier alpha value is -5.19. The molecule has 2 aromatic carbocycles. The molecule has 17 heteroatoms. The predicted octanol–water partition coefficient (Wildman–Crippen LogP) is 3.87. The van der Waals surface area contributed by atoms with Crippen LogP contribution in [0.25, 0.3) is 11.3 Å². The van der Waals surface area contributed by atoms with Crippen molar-refractivity contribution in [3.8, 4) is 17.0 Å². The molecule has 0 aliphatic heterocycles. The molecule has 0 fully saturated rings. The number of amides is 1. The molecular weight excluding hydrogens is 618 g/mol. The number of methoxy groups -OCH3 is 1. The number of ether oxygens (including phenoxy) is 1. The van der Waals surface area contributed by atoms with E-state index in [1.807, 2.05) is 13.8 Å². The maximum atomic E-state index is 13.2. The topological polar surface area (TPSA) is 193 Å². The number of nitrogens with zero attached hydrogens (tertiary/aromatic N) is 3. The van der Waals surface area contributed by atoms with Crippen LogP contribution in [-0.2, 0) is 22.7 Å². The number of alkyl halides is 4. The summed E-state index contributed by atoms with van der Waals surface area (Å²) in [4.78, 5) is 39.8. The summed E-state index contributed by atoms with van der Waals surface area (Å²) in [6, 6.07) is 11.6. The summed E-state index contributed by atoms with van der Waals surface area (Å²) in [5.41, 5.74) is 9.97. The van der Waals surface area contributed by atoms with Crippen molar-refractivity contribution in [1.82, 2.24) is 20.3 Å². The number of halogens is 4. The Morgan fingerprint density at radius 1 is 1.15 bits per heavy atom. The number of nitrogen functional groups attached to an aromatic ring is 1. The molecule has 0 spiro atoms. The van der Waals surface area contributed by atoms with Crippen molar-refractivity contribution in [2.24, 2.45) is 5.16 Å². The number of hydroxylamine groups is 1. The molecule has 46 heavy (non-hydrogen) atoms. The highest BCUT2D eigenvalue weighted by molar-refractivity contribution is 5.97. The summed E-state index contributed by atoms with van der Waals surface area (Å²) in [6.45, 7) is 4.26. The van der Waals surface area contributed by atoms with E-state index in [0.717, 1.165) is 5.56 Å². The van der Waals surface area contributed by atoms with E-state index in [9.17, 15) is 31.9 Å². The number of Topliss-reactive ketones (excluding diaryl/α,β-unsaturated/α-hetero) is 1. The highest BCUT2D eigenvalue weighted by Crippen LogP contribution is 2.26. The van der Waals surface area contributed by atoms with Crippen LogP contribution >= 0.6 is 0 Å². The molecule has 0 radical (unpaired) electrons. The zero-order valence-corrected chi connectivity index (χ0v) is 25.8. The Kier molecular flexibility index (Phi) is 15.7. The van der Waals surface area contributed by atoms with E-state index in [1.54, 1.807) is 47.9 Å². The normalized spacial score (nSPS) is 11.0. The molecule has 0 aliphatic carbocycles. The zero-order chi connectivity index (χ0) is 35.0. The van der Waals surface area contributed by atoms with Gasteiger partial charge in [-0.25, -0.2) is 14.9 Å². The molecule has 13 nitrogen and oxygen atoms in total. The first-order valence-electron chi connectivity index (χ1n) is 13.4. The monoisotopic (exact) mass is 655 g/mol. The van der Waals surface area contributed by atoms with Gasteiger partial charge in [-0.1, -0.05) is 29.4 Å². The molecule has 1 amide bonds. The van der Waals surface area contributed by atoms with Gasteiger partial charge in [0.2, 0.25) is 5.91 Å². The summed E-state index contributed by atoms with van der Waals surface area (Å²) in [7, 11) is 1.51. The van der Waals surface area contributed by atoms with Crippen molar-refractivity contribution < 1.29 is 42.3 Å². The van der Waals surface area contributed by atoms with Crippen LogP contribution in [-0.4, -0.2) is 63.5 Å². The second-order valence-electron chi connectivity index (χ2n) is 9.83. The molecule has 1 aromatic heterocycles. The van der Waals surface area contributed by atoms with Gasteiger partial charge in [-0.2, -0.15) is 13.2 Å². The van der Waals surface area contributed by atoms with Crippen LogP contribution in [0.15, 0.2) is 58.6 Å². The van der Waals surface area contributed by atoms with E-state index in [2.05, 4.69) is 20.8 Å². The number of oxime groups is 1. The van der Waals surface area contributed by atoms with Crippen molar-refractivity contribution in [2.45, 2.75) is 53.0 Å². The average Bonchev–Trinajstić information content (AvgIpc) is 2.98. The Morgan fingerprint density at radius 2 is 1.74 bits per heavy atom. The molecule has 0 atom stereocenters. The molecule has 0 unspecified atom stereocenters. The minimum absolute atomic E-state index is 0.0359. The average molecular weight is 656 g/mol. The lowest BCUT2D eigenvalue weighted by atomic mass is 10.1. The van der Waals surface area contributed by atoms with Crippen molar-refractivity contribution in [2.75, 3.05) is 24.8 Å². The summed E-state index contributed by atoms with van der Waals surface area (Å²) in [5, 5.41) is 26.6. The Morgan fingerprint density at radius 3 is 2.22 bits per heavy atom. The van der Waals surface area contributed by atoms with Gasteiger partial charge in [-0.05, 0) is 38.5 Å². The zero-order valence-electron chi connectivity index (χ0n) is 25.8. The molecule has 7 N–H and O–H groups in total. The summed E-state index contributed by atoms with van der Waals surface area (Å²) in [5.74, 6) is -0.280. The van der Waals surface area contributed by atoms with Gasteiger partial charge in [0.15, 0.2) is 17.4 Å². The molecule has 1 heterocycles. The van der Waals surface area contributed by atoms with E-state index in [-0.39, 0.29) is 37.7 Å². The first kappa shape index (κ1) is 38.8. The van der Waals surface area contributed by atoms with Crippen molar-refractivity contribution in [3.63, 3.8) is 0 Å². The molecular formula is C29H37F4N7O6. The van der Waals surface area contributed by atoms with Crippen LogP contribution in [0.3, 0.4) is 0 Å². The highest BCUT2D eigenvalue weighted by Gasteiger charge is 2.17. The van der Waals surface area contributed by atoms with E-state index in [1.165, 1.54) is 24.8 Å². The van der Waals surface area contributed by atoms with Gasteiger partial charge in [0.1, 0.15) is 19.0 Å². The first-order valence-corrected chi connectivity index (χ1v) is 13.4. The van der Waals surface area contributed by atoms with Crippen LogP contribution in [0.4, 0.5) is 29.1 Å². The number of hydrogen-bond acceptors (Lipinski definition) is 10. The van der Waals surface area contributed by atoms with Gasteiger partial charge in [0.25, 0.3) is 5.56 Å². The number of amidine groups is 1. The van der Waals surface area contributed by atoms with Gasteiger partial charge >= 0.3 is 6.18 Å². The standard InChI is InChI=1S/C24H29N7O5.C3H5FO.C2H3F3/c1-14(2)28-23-24(33)31(20(12-27-23)17-8-18(25)10-19(9-17)36-3)13-21(32)26-11-15-4-6-16(7-5-15)22(29-34)30-35;1-3(5)2-4;1-2(3,4)5/h4-10,12,14,34-35H,11,13,25H2,1-3H3,(H,26,32)(H,27,28)(H,29,30);2H2,1H3;1H3. The van der Waals surface area contributed by atoms with Crippen LogP contribution in [0, 0.1) is 0 Å². The number of nitrogens with one attached hydrogen (secondary N) is 3. The fourth-order valence-corrected chi connectivity index (χ4v) is 3.46. The second kappa shape index (κ2) is 18.6. The van der Waals surface area contributed by atoms with E-state index in [4.69, 9.17) is 20.9 Å². The molecule has 3 aromatic rings. The maximum absolute atomic E-state index is 13.2. The fraction of sp³-hybridized carbons (Fsp3) is 0.345. The number of rotatable bonds is 10. The Bertz CT molecular complexity index is 1520. The van der Waals surface area contributed by atoms with Crippen LogP contribution in [0.1, 0.15) is 38.8 Å². The van der Waals surface area contributed by atoms with Gasteiger partial charge in [-0.15, -0.1) is 0 Å². The molecule has 0 saturated heterocycles. The van der Waals surface area contributed by atoms with E-state index < -0.39 is 30.1 Å². The number of aromatic nitrogens is 2. The first-order chi connectivity index (χ1) is 21.5. The molecule has 0 bridgehead atoms. The van der Waals surface area contributed by atoms with E-state index in [0.29, 0.717) is 28.3 Å². The number of benzene rings is 2.